The molecule has 0 aromatic carbocycles. The van der Waals surface area contributed by atoms with E-state index in [1.54, 1.807) is 0 Å². The fourth-order valence-corrected chi connectivity index (χ4v) is 4.00. The number of rotatable bonds is 4. The fraction of sp³-hybridized carbons (Fsp3) is 0.875. The van der Waals surface area contributed by atoms with Gasteiger partial charge in [0.15, 0.2) is 0 Å². The molecule has 10 N–H and O–H groups in total. The van der Waals surface area contributed by atoms with Crippen LogP contribution >= 0.6 is 0 Å². The van der Waals surface area contributed by atoms with Crippen molar-refractivity contribution in [1.82, 2.24) is 10.6 Å². The lowest BCUT2D eigenvalue weighted by Crippen LogP contribution is -2.89. The summed E-state index contributed by atoms with van der Waals surface area (Å²) in [6.07, 6.45) is -8.35. The molecule has 3 aliphatic heterocycles. The van der Waals surface area contributed by atoms with E-state index in [2.05, 4.69) is 10.6 Å². The van der Waals surface area contributed by atoms with Crippen LogP contribution in [0, 0.1) is 0 Å². The van der Waals surface area contributed by atoms with Crippen LogP contribution in [0.5, 0.6) is 0 Å². The molecule has 2 amide bonds. The SMILES string of the molecule is CC(=O)N[C@@H]1[C@@H](O)[C@H](O)[C@@H](CO)OC12OC1(O2)[C@H](O)[C@@H](NC(C)=O)[C@](N)(O)O[C@@H]1CO. The van der Waals surface area contributed by atoms with E-state index in [-0.39, 0.29) is 0 Å². The van der Waals surface area contributed by atoms with E-state index in [0.29, 0.717) is 0 Å². The van der Waals surface area contributed by atoms with E-state index in [1.165, 1.54) is 0 Å². The van der Waals surface area contributed by atoms with E-state index in [0.717, 1.165) is 13.8 Å². The molecular formula is C16H27N3O12. The van der Waals surface area contributed by atoms with Crippen LogP contribution in [0.1, 0.15) is 13.8 Å². The molecule has 0 bridgehead atoms. The number of ether oxygens (including phenoxy) is 4. The Morgan fingerprint density at radius 3 is 1.97 bits per heavy atom. The molecular weight excluding hydrogens is 426 g/mol. The molecule has 8 atom stereocenters. The second-order valence-corrected chi connectivity index (χ2v) is 7.69. The molecule has 178 valence electrons. The number of hydrogen-bond donors (Lipinski definition) is 9. The van der Waals surface area contributed by atoms with Gasteiger partial charge in [-0.05, 0) is 0 Å². The molecule has 15 heteroatoms. The predicted molar refractivity (Wildman–Crippen MR) is 93.9 cm³/mol. The molecule has 2 spiro atoms. The Hall–Kier alpha value is -1.50. The van der Waals surface area contributed by atoms with Crippen LogP contribution in [0.15, 0.2) is 0 Å². The van der Waals surface area contributed by atoms with Gasteiger partial charge in [0.25, 0.3) is 0 Å². The van der Waals surface area contributed by atoms with Crippen molar-refractivity contribution in [3.05, 3.63) is 0 Å². The third-order valence-electron chi connectivity index (χ3n) is 5.39. The van der Waals surface area contributed by atoms with E-state index in [1.807, 2.05) is 0 Å². The van der Waals surface area contributed by atoms with E-state index >= 15 is 0 Å². The van der Waals surface area contributed by atoms with Crippen LogP contribution in [0.25, 0.3) is 0 Å². The first-order valence-corrected chi connectivity index (χ1v) is 9.41. The van der Waals surface area contributed by atoms with Crippen LogP contribution in [0.2, 0.25) is 0 Å². The Morgan fingerprint density at radius 1 is 0.935 bits per heavy atom. The lowest BCUT2D eigenvalue weighted by molar-refractivity contribution is -0.645. The van der Waals surface area contributed by atoms with Gasteiger partial charge in [0.2, 0.25) is 23.5 Å². The topological polar surface area (TPSA) is 243 Å². The number of carbonyl (C=O) groups excluding carboxylic acids is 2. The second kappa shape index (κ2) is 8.13. The molecule has 0 aliphatic carbocycles. The van der Waals surface area contributed by atoms with Crippen molar-refractivity contribution in [3.63, 3.8) is 0 Å². The first-order valence-electron chi connectivity index (χ1n) is 9.41. The van der Waals surface area contributed by atoms with Crippen molar-refractivity contribution in [2.75, 3.05) is 13.2 Å². The third-order valence-corrected chi connectivity index (χ3v) is 5.39. The van der Waals surface area contributed by atoms with Crippen LogP contribution in [-0.2, 0) is 28.5 Å². The number of nitrogens with one attached hydrogen (secondary N) is 2. The number of aliphatic hydroxyl groups excluding tert-OH is 5. The minimum Gasteiger partial charge on any atom is -0.394 e. The smallest absolute Gasteiger partial charge is 0.312 e. The van der Waals surface area contributed by atoms with Crippen LogP contribution in [0.4, 0.5) is 0 Å². The molecule has 0 unspecified atom stereocenters. The maximum atomic E-state index is 11.6. The predicted octanol–water partition coefficient (Wildman–Crippen LogP) is -6.14. The monoisotopic (exact) mass is 453 g/mol. The highest BCUT2D eigenvalue weighted by molar-refractivity contribution is 5.74. The molecule has 15 nitrogen and oxygen atoms in total. The number of nitrogens with two attached hydrogens (primary N) is 1. The van der Waals surface area contributed by atoms with Gasteiger partial charge in [0, 0.05) is 13.8 Å². The average Bonchev–Trinajstić information content (AvgIpc) is 2.65. The molecule has 3 aliphatic rings. The van der Waals surface area contributed by atoms with Crippen LogP contribution in [0.3, 0.4) is 0 Å². The molecule has 0 radical (unpaired) electrons. The number of carbonyl (C=O) groups is 2. The first-order chi connectivity index (χ1) is 14.3. The second-order valence-electron chi connectivity index (χ2n) is 7.69. The minimum absolute atomic E-state index is 0.665. The molecule has 0 saturated carbocycles. The summed E-state index contributed by atoms with van der Waals surface area (Å²) in [6.45, 7) is 0.527. The highest BCUT2D eigenvalue weighted by Gasteiger charge is 2.77. The molecule has 0 aromatic heterocycles. The quantitative estimate of drug-likeness (QED) is 0.180. The number of hydrogen-bond acceptors (Lipinski definition) is 13. The maximum Gasteiger partial charge on any atom is 0.312 e. The van der Waals surface area contributed by atoms with Crippen LogP contribution in [-0.4, -0.2) is 116 Å². The zero-order chi connectivity index (χ0) is 23.4. The Morgan fingerprint density at radius 2 is 1.48 bits per heavy atom. The summed E-state index contributed by atoms with van der Waals surface area (Å²) in [5, 5.41) is 65.4. The van der Waals surface area contributed by atoms with Crippen molar-refractivity contribution in [1.29, 1.82) is 0 Å². The van der Waals surface area contributed by atoms with Gasteiger partial charge in [-0.25, -0.2) is 0 Å². The van der Waals surface area contributed by atoms with Gasteiger partial charge in [-0.1, -0.05) is 0 Å². The summed E-state index contributed by atoms with van der Waals surface area (Å²) < 4.78 is 22.0. The lowest BCUT2D eigenvalue weighted by atomic mass is 9.86. The van der Waals surface area contributed by atoms with E-state index < -0.39 is 85.3 Å². The highest BCUT2D eigenvalue weighted by atomic mass is 17.0. The van der Waals surface area contributed by atoms with Gasteiger partial charge >= 0.3 is 5.97 Å². The van der Waals surface area contributed by atoms with Gasteiger partial charge in [-0.2, -0.15) is 0 Å². The molecule has 3 fully saturated rings. The zero-order valence-corrected chi connectivity index (χ0v) is 16.7. The summed E-state index contributed by atoms with van der Waals surface area (Å²) in [5.41, 5.74) is 5.62. The average molecular weight is 453 g/mol. The largest absolute Gasteiger partial charge is 0.394 e. The lowest BCUT2D eigenvalue weighted by Gasteiger charge is -2.66. The molecule has 3 rings (SSSR count). The van der Waals surface area contributed by atoms with Crippen LogP contribution < -0.4 is 16.4 Å². The molecule has 3 heterocycles. The fourth-order valence-electron chi connectivity index (χ4n) is 4.00. The maximum absolute atomic E-state index is 11.6. The van der Waals surface area contributed by atoms with Crippen molar-refractivity contribution >= 4 is 11.8 Å². The summed E-state index contributed by atoms with van der Waals surface area (Å²) >= 11 is 0. The van der Waals surface area contributed by atoms with Crippen molar-refractivity contribution < 1.29 is 59.2 Å². The first kappa shape index (κ1) is 24.1. The van der Waals surface area contributed by atoms with Gasteiger partial charge in [0.05, 0.1) is 13.2 Å². The minimum atomic E-state index is -2.63. The Labute approximate surface area is 175 Å². The summed E-state index contributed by atoms with van der Waals surface area (Å²) in [5.74, 6) is -8.62. The summed E-state index contributed by atoms with van der Waals surface area (Å²) in [6, 6.07) is -3.24. The Balaban J connectivity index is 1.96. The number of aliphatic hydroxyl groups is 6. The molecule has 31 heavy (non-hydrogen) atoms. The zero-order valence-electron chi connectivity index (χ0n) is 16.7. The van der Waals surface area contributed by atoms with Gasteiger partial charge in [-0.15, -0.1) is 0 Å². The van der Waals surface area contributed by atoms with Gasteiger partial charge in [0.1, 0.15) is 42.6 Å². The summed E-state index contributed by atoms with van der Waals surface area (Å²) in [7, 11) is 0. The van der Waals surface area contributed by atoms with Crippen molar-refractivity contribution in [2.45, 2.75) is 74.1 Å². The summed E-state index contributed by atoms with van der Waals surface area (Å²) in [4.78, 5) is 23.1. The van der Waals surface area contributed by atoms with Crippen molar-refractivity contribution in [3.8, 4) is 0 Å². The van der Waals surface area contributed by atoms with Gasteiger partial charge in [-0.3, -0.25) is 24.8 Å². The number of amides is 2. The normalized spacial score (nSPS) is 49.5. The molecule has 3 saturated heterocycles. The van der Waals surface area contributed by atoms with E-state index in [4.69, 9.17) is 24.7 Å². The Bertz CT molecular complexity index is 714. The highest BCUT2D eigenvalue weighted by Crippen LogP contribution is 2.53. The standard InChI is InChI=1S/C16H27N3O12/c1-5(22)18-11-10(25)9(24)7(3-20)28-16(11)30-14(31-16)8(4-21)29-15(17,27)12(13(14)26)19-6(2)23/h7-13,20-21,24-27H,3-4,17H2,1-2H3,(H,18,22)(H,19,23)/t7-,8-,9-,10+,11-,12-,13-,14?,15+,16?/m1/s1. The van der Waals surface area contributed by atoms with Gasteiger partial charge < -0.3 is 50.7 Å². The van der Waals surface area contributed by atoms with E-state index in [9.17, 15) is 40.2 Å². The van der Waals surface area contributed by atoms with Crippen molar-refractivity contribution in [2.24, 2.45) is 5.73 Å². The third kappa shape index (κ3) is 3.81. The Kier molecular flexibility index (Phi) is 6.33. The molecule has 0 aromatic rings.